The number of benzene rings is 1. The Labute approximate surface area is 110 Å². The van der Waals surface area contributed by atoms with Gasteiger partial charge in [-0.3, -0.25) is 9.89 Å². The van der Waals surface area contributed by atoms with E-state index in [0.717, 1.165) is 9.86 Å². The first kappa shape index (κ1) is 11.0. The van der Waals surface area contributed by atoms with Gasteiger partial charge in [-0.2, -0.15) is 5.10 Å². The summed E-state index contributed by atoms with van der Waals surface area (Å²) in [4.78, 5) is 11.9. The molecule has 6 heteroatoms. The van der Waals surface area contributed by atoms with Crippen molar-refractivity contribution < 1.29 is 9.21 Å². The highest BCUT2D eigenvalue weighted by Crippen LogP contribution is 2.23. The van der Waals surface area contributed by atoms with Crippen molar-refractivity contribution >= 4 is 38.5 Å². The number of furan rings is 1. The van der Waals surface area contributed by atoms with Gasteiger partial charge in [-0.1, -0.05) is 15.9 Å². The van der Waals surface area contributed by atoms with Crippen molar-refractivity contribution in [3.8, 4) is 0 Å². The molecular weight excluding hydrogens is 298 g/mol. The molecule has 0 saturated carbocycles. The van der Waals surface area contributed by atoms with Gasteiger partial charge in [0.15, 0.2) is 5.76 Å². The lowest BCUT2D eigenvalue weighted by molar-refractivity contribution is 0.0998. The Morgan fingerprint density at radius 1 is 1.39 bits per heavy atom. The number of fused-ring (bicyclic) bond motifs is 1. The van der Waals surface area contributed by atoms with E-state index < -0.39 is 0 Å². The number of aromatic amines is 1. The maximum atomic E-state index is 11.9. The van der Waals surface area contributed by atoms with Gasteiger partial charge in [-0.05, 0) is 24.3 Å². The lowest BCUT2D eigenvalue weighted by Gasteiger charge is -1.97. The zero-order valence-corrected chi connectivity index (χ0v) is 10.7. The van der Waals surface area contributed by atoms with Gasteiger partial charge in [0, 0.05) is 16.1 Å². The molecule has 0 bridgehead atoms. The minimum absolute atomic E-state index is 0.268. The van der Waals surface area contributed by atoms with Crippen LogP contribution in [0.1, 0.15) is 10.6 Å². The summed E-state index contributed by atoms with van der Waals surface area (Å²) in [5, 5.41) is 9.93. The van der Waals surface area contributed by atoms with Gasteiger partial charge in [0.1, 0.15) is 5.58 Å². The molecule has 0 saturated heterocycles. The van der Waals surface area contributed by atoms with Crippen LogP contribution in [0.15, 0.2) is 45.5 Å². The second-order valence-electron chi connectivity index (χ2n) is 3.73. The van der Waals surface area contributed by atoms with E-state index in [-0.39, 0.29) is 11.7 Å². The van der Waals surface area contributed by atoms with Crippen molar-refractivity contribution in [1.82, 2.24) is 10.2 Å². The van der Waals surface area contributed by atoms with Crippen molar-refractivity contribution in [3.63, 3.8) is 0 Å². The van der Waals surface area contributed by atoms with Crippen LogP contribution < -0.4 is 5.32 Å². The first-order valence-electron chi connectivity index (χ1n) is 5.21. The van der Waals surface area contributed by atoms with Gasteiger partial charge in [0.2, 0.25) is 0 Å². The topological polar surface area (TPSA) is 70.9 Å². The summed E-state index contributed by atoms with van der Waals surface area (Å²) < 4.78 is 6.40. The molecule has 1 amide bonds. The molecule has 2 N–H and O–H groups in total. The number of hydrogen-bond donors (Lipinski definition) is 2. The third-order valence-electron chi connectivity index (χ3n) is 2.46. The summed E-state index contributed by atoms with van der Waals surface area (Å²) in [5.41, 5.74) is 1.27. The molecular formula is C12H8BrN3O2. The molecule has 3 aromatic rings. The van der Waals surface area contributed by atoms with Crippen molar-refractivity contribution in [2.45, 2.75) is 0 Å². The van der Waals surface area contributed by atoms with E-state index >= 15 is 0 Å². The number of rotatable bonds is 2. The molecule has 2 aromatic heterocycles. The van der Waals surface area contributed by atoms with Crippen molar-refractivity contribution in [3.05, 3.63) is 46.9 Å². The minimum Gasteiger partial charge on any atom is -0.451 e. The average Bonchev–Trinajstić information content (AvgIpc) is 2.96. The number of anilines is 1. The predicted octanol–water partition coefficient (Wildman–Crippen LogP) is 3.17. The largest absolute Gasteiger partial charge is 0.451 e. The summed E-state index contributed by atoms with van der Waals surface area (Å²) in [7, 11) is 0. The zero-order valence-electron chi connectivity index (χ0n) is 9.11. The van der Waals surface area contributed by atoms with Crippen LogP contribution in [0.25, 0.3) is 11.0 Å². The molecule has 0 aliphatic heterocycles. The molecule has 0 unspecified atom stereocenters. The fourth-order valence-electron chi connectivity index (χ4n) is 1.63. The summed E-state index contributed by atoms with van der Waals surface area (Å²) in [6.07, 6.45) is 3.12. The summed E-state index contributed by atoms with van der Waals surface area (Å²) in [6.45, 7) is 0. The lowest BCUT2D eigenvalue weighted by Crippen LogP contribution is -2.09. The number of halogens is 1. The smallest absolute Gasteiger partial charge is 0.291 e. The Bertz CT molecular complexity index is 703. The second-order valence-corrected chi connectivity index (χ2v) is 4.65. The molecule has 0 radical (unpaired) electrons. The lowest BCUT2D eigenvalue weighted by atomic mass is 10.2. The third kappa shape index (κ3) is 2.02. The zero-order chi connectivity index (χ0) is 12.5. The second kappa shape index (κ2) is 4.30. The summed E-state index contributed by atoms with van der Waals surface area (Å²) >= 11 is 3.35. The van der Waals surface area contributed by atoms with Crippen molar-refractivity contribution in [2.75, 3.05) is 5.32 Å². The summed E-state index contributed by atoms with van der Waals surface area (Å²) in [6, 6.07) is 7.31. The molecule has 0 aliphatic rings. The number of nitrogens with one attached hydrogen (secondary N) is 2. The van der Waals surface area contributed by atoms with Crippen LogP contribution in [0.3, 0.4) is 0 Å². The number of hydrogen-bond acceptors (Lipinski definition) is 3. The van der Waals surface area contributed by atoms with Crippen LogP contribution in [-0.2, 0) is 0 Å². The molecule has 0 spiro atoms. The van der Waals surface area contributed by atoms with Crippen LogP contribution in [-0.4, -0.2) is 16.1 Å². The Hall–Kier alpha value is -2.08. The van der Waals surface area contributed by atoms with E-state index in [1.807, 2.05) is 18.2 Å². The van der Waals surface area contributed by atoms with Crippen molar-refractivity contribution in [2.24, 2.45) is 0 Å². The highest BCUT2D eigenvalue weighted by molar-refractivity contribution is 9.10. The number of carbonyl (C=O) groups is 1. The van der Waals surface area contributed by atoms with Crippen LogP contribution in [0.5, 0.6) is 0 Å². The first-order valence-corrected chi connectivity index (χ1v) is 6.01. The highest BCUT2D eigenvalue weighted by Gasteiger charge is 2.12. The SMILES string of the molecule is O=C(Nc1cn[nH]c1)c1cc2ccc(Br)cc2o1. The monoisotopic (exact) mass is 305 g/mol. The fourth-order valence-corrected chi connectivity index (χ4v) is 1.97. The molecule has 5 nitrogen and oxygen atoms in total. The van der Waals surface area contributed by atoms with E-state index in [2.05, 4.69) is 31.4 Å². The Morgan fingerprint density at radius 3 is 3.06 bits per heavy atom. The van der Waals surface area contributed by atoms with Gasteiger partial charge in [0.25, 0.3) is 5.91 Å². The van der Waals surface area contributed by atoms with Crippen LogP contribution in [0, 0.1) is 0 Å². The Balaban J connectivity index is 1.92. The molecule has 2 heterocycles. The standard InChI is InChI=1S/C12H8BrN3O2/c13-8-2-1-7-3-11(18-10(7)4-8)12(17)16-9-5-14-15-6-9/h1-6H,(H,14,15)(H,16,17). The Morgan fingerprint density at radius 2 is 2.28 bits per heavy atom. The van der Waals surface area contributed by atoms with Crippen molar-refractivity contribution in [1.29, 1.82) is 0 Å². The maximum Gasteiger partial charge on any atom is 0.291 e. The van der Waals surface area contributed by atoms with E-state index in [9.17, 15) is 4.79 Å². The minimum atomic E-state index is -0.302. The van der Waals surface area contributed by atoms with E-state index in [4.69, 9.17) is 4.42 Å². The Kier molecular flexibility index (Phi) is 2.64. The molecule has 3 rings (SSSR count). The molecule has 1 aromatic carbocycles. The number of carbonyl (C=O) groups excluding carboxylic acids is 1. The van der Waals surface area contributed by atoms with Crippen LogP contribution in [0.4, 0.5) is 5.69 Å². The number of H-pyrrole nitrogens is 1. The number of amides is 1. The molecule has 90 valence electrons. The average molecular weight is 306 g/mol. The molecule has 0 aliphatic carbocycles. The third-order valence-corrected chi connectivity index (χ3v) is 2.96. The van der Waals surface area contributed by atoms with Crippen LogP contribution >= 0.6 is 15.9 Å². The number of aromatic nitrogens is 2. The van der Waals surface area contributed by atoms with E-state index in [1.165, 1.54) is 6.20 Å². The highest BCUT2D eigenvalue weighted by atomic mass is 79.9. The van der Waals surface area contributed by atoms with Gasteiger partial charge in [-0.15, -0.1) is 0 Å². The van der Waals surface area contributed by atoms with Gasteiger partial charge in [-0.25, -0.2) is 0 Å². The number of nitrogens with zero attached hydrogens (tertiary/aromatic N) is 1. The fraction of sp³-hybridized carbons (Fsp3) is 0. The molecule has 0 fully saturated rings. The first-order chi connectivity index (χ1) is 8.72. The molecule has 0 atom stereocenters. The van der Waals surface area contributed by atoms with E-state index in [1.54, 1.807) is 12.3 Å². The van der Waals surface area contributed by atoms with Crippen LogP contribution in [0.2, 0.25) is 0 Å². The molecule has 18 heavy (non-hydrogen) atoms. The predicted molar refractivity (Wildman–Crippen MR) is 70.5 cm³/mol. The van der Waals surface area contributed by atoms with Gasteiger partial charge >= 0.3 is 0 Å². The van der Waals surface area contributed by atoms with E-state index in [0.29, 0.717) is 11.3 Å². The quantitative estimate of drug-likeness (QED) is 0.764. The van der Waals surface area contributed by atoms with Gasteiger partial charge < -0.3 is 9.73 Å². The van der Waals surface area contributed by atoms with Gasteiger partial charge in [0.05, 0.1) is 11.9 Å². The normalized spacial score (nSPS) is 10.7. The summed E-state index contributed by atoms with van der Waals surface area (Å²) in [5.74, 6) is -0.0342. The maximum absolute atomic E-state index is 11.9.